The Balaban J connectivity index is 1.98. The maximum Gasteiger partial charge on any atom is 0.136 e. The second-order valence-corrected chi connectivity index (χ2v) is 6.00. The van der Waals surface area contributed by atoms with Crippen molar-refractivity contribution in [2.75, 3.05) is 31.1 Å². The smallest absolute Gasteiger partial charge is 0.136 e. The van der Waals surface area contributed by atoms with Gasteiger partial charge in [0.2, 0.25) is 0 Å². The lowest BCUT2D eigenvalue weighted by Gasteiger charge is -2.39. The Morgan fingerprint density at radius 1 is 1.32 bits per heavy atom. The van der Waals surface area contributed by atoms with E-state index in [1.807, 2.05) is 6.07 Å². The highest BCUT2D eigenvalue weighted by Crippen LogP contribution is 2.31. The summed E-state index contributed by atoms with van der Waals surface area (Å²) in [4.78, 5) is 6.74. The van der Waals surface area contributed by atoms with Crippen molar-refractivity contribution in [2.24, 2.45) is 4.99 Å². The average molecular weight is 305 g/mol. The second kappa shape index (κ2) is 7.09. The van der Waals surface area contributed by atoms with E-state index in [4.69, 9.17) is 0 Å². The number of anilines is 1. The first-order chi connectivity index (χ1) is 10.8. The van der Waals surface area contributed by atoms with Gasteiger partial charge in [0.15, 0.2) is 0 Å². The van der Waals surface area contributed by atoms with E-state index < -0.39 is 0 Å². The zero-order valence-corrected chi connectivity index (χ0v) is 12.9. The number of hydrogen-bond donors (Lipinski definition) is 2. The van der Waals surface area contributed by atoms with Crippen LogP contribution >= 0.6 is 0 Å². The Kier molecular flexibility index (Phi) is 4.93. The maximum atomic E-state index is 14.5. The largest absolute Gasteiger partial charge is 0.396 e. The maximum absolute atomic E-state index is 14.5. The van der Waals surface area contributed by atoms with Crippen molar-refractivity contribution < 1.29 is 9.50 Å². The molecule has 1 saturated heterocycles. The Morgan fingerprint density at radius 2 is 2.23 bits per heavy atom. The van der Waals surface area contributed by atoms with Crippen LogP contribution in [0.15, 0.2) is 23.2 Å². The summed E-state index contributed by atoms with van der Waals surface area (Å²) in [6, 6.07) is 5.53. The van der Waals surface area contributed by atoms with Crippen molar-refractivity contribution in [3.8, 4) is 0 Å². The number of rotatable bonds is 4. The van der Waals surface area contributed by atoms with Crippen LogP contribution < -0.4 is 10.2 Å². The minimum absolute atomic E-state index is 0.172. The van der Waals surface area contributed by atoms with Crippen LogP contribution in [0.1, 0.15) is 37.7 Å². The lowest BCUT2D eigenvalue weighted by molar-refractivity contribution is 0.262. The summed E-state index contributed by atoms with van der Waals surface area (Å²) in [7, 11) is 0. The summed E-state index contributed by atoms with van der Waals surface area (Å²) in [5, 5.41) is 12.6. The molecule has 5 heteroatoms. The van der Waals surface area contributed by atoms with Gasteiger partial charge in [-0.15, -0.1) is 0 Å². The number of halogens is 1. The van der Waals surface area contributed by atoms with Gasteiger partial charge in [0.05, 0.1) is 11.3 Å². The van der Waals surface area contributed by atoms with Gasteiger partial charge in [-0.25, -0.2) is 4.39 Å². The van der Waals surface area contributed by atoms with Crippen molar-refractivity contribution in [2.45, 2.75) is 38.1 Å². The van der Waals surface area contributed by atoms with Crippen LogP contribution in [0.5, 0.6) is 0 Å². The van der Waals surface area contributed by atoms with Gasteiger partial charge in [-0.3, -0.25) is 4.99 Å². The molecule has 0 amide bonds. The van der Waals surface area contributed by atoms with E-state index in [1.165, 1.54) is 12.5 Å². The summed E-state index contributed by atoms with van der Waals surface area (Å²) >= 11 is 0. The highest BCUT2D eigenvalue weighted by molar-refractivity contribution is 6.04. The zero-order valence-electron chi connectivity index (χ0n) is 12.9. The number of amidine groups is 1. The summed E-state index contributed by atoms with van der Waals surface area (Å²) in [5.41, 5.74) is 1.50. The molecular formula is C17H24FN3O. The number of nitrogens with one attached hydrogen (secondary N) is 1. The van der Waals surface area contributed by atoms with E-state index >= 15 is 0 Å². The van der Waals surface area contributed by atoms with E-state index in [2.05, 4.69) is 15.2 Å². The first kappa shape index (κ1) is 15.3. The van der Waals surface area contributed by atoms with Crippen LogP contribution in [-0.2, 0) is 0 Å². The molecule has 1 unspecified atom stereocenters. The fourth-order valence-electron chi connectivity index (χ4n) is 3.45. The Bertz CT molecular complexity index is 545. The van der Waals surface area contributed by atoms with Crippen LogP contribution in [0.25, 0.3) is 0 Å². The first-order valence-electron chi connectivity index (χ1n) is 8.26. The van der Waals surface area contributed by atoms with E-state index in [0.717, 1.165) is 51.0 Å². The van der Waals surface area contributed by atoms with Gasteiger partial charge < -0.3 is 15.3 Å². The third kappa shape index (κ3) is 3.09. The van der Waals surface area contributed by atoms with E-state index in [-0.39, 0.29) is 18.5 Å². The molecule has 3 rings (SSSR count). The van der Waals surface area contributed by atoms with Gasteiger partial charge in [-0.1, -0.05) is 6.07 Å². The monoisotopic (exact) mass is 305 g/mol. The molecule has 1 atom stereocenters. The van der Waals surface area contributed by atoms with Crippen LogP contribution in [0.2, 0.25) is 0 Å². The van der Waals surface area contributed by atoms with Crippen molar-refractivity contribution in [1.29, 1.82) is 0 Å². The quantitative estimate of drug-likeness (QED) is 0.897. The highest BCUT2D eigenvalue weighted by Gasteiger charge is 2.27. The van der Waals surface area contributed by atoms with E-state index in [0.29, 0.717) is 11.4 Å². The molecule has 0 aliphatic carbocycles. The minimum atomic E-state index is -0.223. The first-order valence-corrected chi connectivity index (χ1v) is 8.26. The van der Waals surface area contributed by atoms with Crippen LogP contribution in [0.4, 0.5) is 10.1 Å². The molecule has 0 spiro atoms. The predicted octanol–water partition coefficient (Wildman–Crippen LogP) is 2.31. The average Bonchev–Trinajstić information content (AvgIpc) is 2.56. The molecule has 0 radical (unpaired) electrons. The SMILES string of the molecule is OCCC1CCCCN1c1cccc(F)c1C1=NCCCN1. The molecule has 2 heterocycles. The molecule has 2 aliphatic rings. The fraction of sp³-hybridized carbons (Fsp3) is 0.588. The van der Waals surface area contributed by atoms with Crippen LogP contribution in [0.3, 0.4) is 0 Å². The molecule has 0 aromatic heterocycles. The van der Waals surface area contributed by atoms with Gasteiger partial charge in [0.25, 0.3) is 0 Å². The Morgan fingerprint density at radius 3 is 3.00 bits per heavy atom. The molecule has 1 aromatic rings. The third-order valence-corrected chi connectivity index (χ3v) is 4.52. The van der Waals surface area contributed by atoms with Gasteiger partial charge in [-0.05, 0) is 44.2 Å². The number of aliphatic hydroxyl groups excluding tert-OH is 1. The van der Waals surface area contributed by atoms with Gasteiger partial charge in [-0.2, -0.15) is 0 Å². The van der Waals surface area contributed by atoms with Crippen molar-refractivity contribution >= 4 is 11.5 Å². The molecule has 0 saturated carbocycles. The molecule has 1 fully saturated rings. The topological polar surface area (TPSA) is 47.9 Å². The lowest BCUT2D eigenvalue weighted by Crippen LogP contribution is -2.42. The number of hydrogen-bond acceptors (Lipinski definition) is 4. The zero-order chi connectivity index (χ0) is 15.4. The normalized spacial score (nSPS) is 22.2. The molecule has 22 heavy (non-hydrogen) atoms. The Hall–Kier alpha value is -1.62. The molecule has 120 valence electrons. The summed E-state index contributed by atoms with van der Waals surface area (Å²) in [6.45, 7) is 2.67. The summed E-state index contributed by atoms with van der Waals surface area (Å²) in [6.07, 6.45) is 5.05. The summed E-state index contributed by atoms with van der Waals surface area (Å²) in [5.74, 6) is 0.451. The van der Waals surface area contributed by atoms with Crippen molar-refractivity contribution in [3.63, 3.8) is 0 Å². The Labute approximate surface area is 131 Å². The number of aliphatic imine (C=N–C) groups is 1. The van der Waals surface area contributed by atoms with Crippen molar-refractivity contribution in [3.05, 3.63) is 29.6 Å². The molecule has 2 aliphatic heterocycles. The fourth-order valence-corrected chi connectivity index (χ4v) is 3.45. The standard InChI is InChI=1S/C17H24FN3O/c18-14-6-3-7-15(16(14)17-19-9-4-10-20-17)21-11-2-1-5-13(21)8-12-22/h3,6-7,13,22H,1-2,4-5,8-12H2,(H,19,20). The van der Waals surface area contributed by atoms with Gasteiger partial charge in [0.1, 0.15) is 11.7 Å². The second-order valence-electron chi connectivity index (χ2n) is 6.00. The number of aliphatic hydroxyl groups is 1. The number of piperidine rings is 1. The molecule has 0 bridgehead atoms. The summed E-state index contributed by atoms with van der Waals surface area (Å²) < 4.78 is 14.5. The lowest BCUT2D eigenvalue weighted by atomic mass is 9.97. The minimum Gasteiger partial charge on any atom is -0.396 e. The van der Waals surface area contributed by atoms with Crippen LogP contribution in [0, 0.1) is 5.82 Å². The van der Waals surface area contributed by atoms with Crippen molar-refractivity contribution in [1.82, 2.24) is 5.32 Å². The molecule has 1 aromatic carbocycles. The highest BCUT2D eigenvalue weighted by atomic mass is 19.1. The molecular weight excluding hydrogens is 281 g/mol. The number of nitrogens with zero attached hydrogens (tertiary/aromatic N) is 2. The number of benzene rings is 1. The third-order valence-electron chi connectivity index (χ3n) is 4.52. The van der Waals surface area contributed by atoms with E-state index in [1.54, 1.807) is 6.07 Å². The van der Waals surface area contributed by atoms with Crippen LogP contribution in [-0.4, -0.2) is 43.2 Å². The van der Waals surface area contributed by atoms with Gasteiger partial charge in [0, 0.05) is 32.3 Å². The van der Waals surface area contributed by atoms with E-state index in [9.17, 15) is 9.50 Å². The molecule has 4 nitrogen and oxygen atoms in total. The molecule has 2 N–H and O–H groups in total. The predicted molar refractivity (Wildman–Crippen MR) is 87.1 cm³/mol. The van der Waals surface area contributed by atoms with Gasteiger partial charge >= 0.3 is 0 Å².